The van der Waals surface area contributed by atoms with Gasteiger partial charge in [-0.1, -0.05) is 17.4 Å². The predicted molar refractivity (Wildman–Crippen MR) is 116 cm³/mol. The van der Waals surface area contributed by atoms with Gasteiger partial charge in [0.25, 0.3) is 5.91 Å². The zero-order valence-corrected chi connectivity index (χ0v) is 18.0. The van der Waals surface area contributed by atoms with Crippen LogP contribution in [0.4, 0.5) is 14.3 Å². The van der Waals surface area contributed by atoms with Gasteiger partial charge in [0.2, 0.25) is 0 Å². The number of anilines is 1. The lowest BCUT2D eigenvalue weighted by molar-refractivity contribution is 0.102. The molecule has 7 nitrogen and oxygen atoms in total. The minimum Gasteiger partial charge on any atom is -0.494 e. The number of hydrogen-bond donors (Lipinski definition) is 1. The number of piperidine rings is 1. The molecule has 1 N–H and O–H groups in total. The molecule has 4 rings (SSSR count). The molecular weight excluding hydrogens is 421 g/mol. The van der Waals surface area contributed by atoms with Crippen LogP contribution < -0.4 is 10.1 Å². The maximum Gasteiger partial charge on any atom is 0.409 e. The van der Waals surface area contributed by atoms with E-state index in [9.17, 15) is 14.0 Å². The average molecular weight is 444 g/mol. The van der Waals surface area contributed by atoms with E-state index in [-0.39, 0.29) is 17.9 Å². The third-order valence-corrected chi connectivity index (χ3v) is 6.47. The van der Waals surface area contributed by atoms with E-state index in [0.29, 0.717) is 35.1 Å². The van der Waals surface area contributed by atoms with Crippen LogP contribution in [0.2, 0.25) is 0 Å². The molecule has 1 aromatic heterocycles. The number of nitrogens with zero attached hydrogens (tertiary/aromatic N) is 2. The topological polar surface area (TPSA) is 80.8 Å². The lowest BCUT2D eigenvalue weighted by Gasteiger charge is -2.31. The molecule has 0 radical (unpaired) electrons. The minimum atomic E-state index is -0.399. The SMILES string of the molecule is COC(=O)N1CCC(c2ccc(OC)c3nc(NC(=O)c4ccc(F)cc4)sc23)CC1. The number of ether oxygens (including phenoxy) is 2. The van der Waals surface area contributed by atoms with Gasteiger partial charge in [0.05, 0.1) is 18.9 Å². The average Bonchev–Trinajstić information content (AvgIpc) is 3.22. The number of aromatic nitrogens is 1. The van der Waals surface area contributed by atoms with Crippen molar-refractivity contribution >= 4 is 38.7 Å². The van der Waals surface area contributed by atoms with E-state index in [1.54, 1.807) is 12.0 Å². The van der Waals surface area contributed by atoms with Gasteiger partial charge < -0.3 is 14.4 Å². The number of likely N-dealkylation sites (tertiary alicyclic amines) is 1. The van der Waals surface area contributed by atoms with Crippen LogP contribution in [-0.2, 0) is 4.74 Å². The normalized spacial score (nSPS) is 14.5. The van der Waals surface area contributed by atoms with Crippen LogP contribution in [-0.4, -0.2) is 49.2 Å². The summed E-state index contributed by atoms with van der Waals surface area (Å²) < 4.78 is 24.4. The number of carbonyl (C=O) groups is 2. The number of thiazole rings is 1. The van der Waals surface area contributed by atoms with Gasteiger partial charge in [0.1, 0.15) is 17.1 Å². The monoisotopic (exact) mass is 443 g/mol. The summed E-state index contributed by atoms with van der Waals surface area (Å²) in [4.78, 5) is 30.6. The first-order chi connectivity index (χ1) is 15.0. The molecule has 3 aromatic rings. The fourth-order valence-electron chi connectivity index (χ4n) is 3.82. The molecule has 0 saturated carbocycles. The van der Waals surface area contributed by atoms with E-state index in [1.165, 1.54) is 42.7 Å². The highest BCUT2D eigenvalue weighted by Crippen LogP contribution is 2.41. The molecule has 0 atom stereocenters. The highest BCUT2D eigenvalue weighted by molar-refractivity contribution is 7.22. The summed E-state index contributed by atoms with van der Waals surface area (Å²) in [6.45, 7) is 1.25. The molecule has 0 bridgehead atoms. The van der Waals surface area contributed by atoms with E-state index >= 15 is 0 Å². The van der Waals surface area contributed by atoms with Crippen molar-refractivity contribution in [1.29, 1.82) is 0 Å². The Balaban J connectivity index is 1.60. The maximum absolute atomic E-state index is 13.1. The van der Waals surface area contributed by atoms with Crippen LogP contribution in [0.1, 0.15) is 34.7 Å². The van der Waals surface area contributed by atoms with Crippen molar-refractivity contribution in [1.82, 2.24) is 9.88 Å². The smallest absolute Gasteiger partial charge is 0.409 e. The van der Waals surface area contributed by atoms with Gasteiger partial charge in [-0.15, -0.1) is 0 Å². The molecule has 0 unspecified atom stereocenters. The molecule has 1 aliphatic heterocycles. The van der Waals surface area contributed by atoms with E-state index in [2.05, 4.69) is 10.3 Å². The highest BCUT2D eigenvalue weighted by atomic mass is 32.1. The molecule has 9 heteroatoms. The van der Waals surface area contributed by atoms with Gasteiger partial charge in [0, 0.05) is 18.7 Å². The van der Waals surface area contributed by atoms with Crippen LogP contribution >= 0.6 is 11.3 Å². The lowest BCUT2D eigenvalue weighted by atomic mass is 9.89. The van der Waals surface area contributed by atoms with Crippen LogP contribution in [0, 0.1) is 5.82 Å². The molecule has 1 aliphatic rings. The molecule has 2 heterocycles. The number of amides is 2. The number of halogens is 1. The first-order valence-corrected chi connectivity index (χ1v) is 10.7. The molecule has 1 fully saturated rings. The second kappa shape index (κ2) is 8.89. The summed E-state index contributed by atoms with van der Waals surface area (Å²) in [6, 6.07) is 9.27. The lowest BCUT2D eigenvalue weighted by Crippen LogP contribution is -2.37. The largest absolute Gasteiger partial charge is 0.494 e. The van der Waals surface area contributed by atoms with Crippen molar-refractivity contribution < 1.29 is 23.5 Å². The van der Waals surface area contributed by atoms with Gasteiger partial charge >= 0.3 is 6.09 Å². The standard InChI is InChI=1S/C22H22FN3O4S/c1-29-17-8-7-16(13-9-11-26(12-10-13)22(28)30-2)19-18(17)24-21(31-19)25-20(27)14-3-5-15(23)6-4-14/h3-8,13H,9-12H2,1-2H3,(H,24,25,27). The number of nitrogens with one attached hydrogen (secondary N) is 1. The predicted octanol–water partition coefficient (Wildman–Crippen LogP) is 4.64. The second-order valence-corrected chi connectivity index (χ2v) is 8.25. The minimum absolute atomic E-state index is 0.260. The van der Waals surface area contributed by atoms with Gasteiger partial charge in [-0.2, -0.15) is 0 Å². The molecule has 0 spiro atoms. The fraction of sp³-hybridized carbons (Fsp3) is 0.318. The van der Waals surface area contributed by atoms with Crippen molar-refractivity contribution in [2.75, 3.05) is 32.6 Å². The Kier molecular flexibility index (Phi) is 6.03. The number of hydrogen-bond acceptors (Lipinski definition) is 6. The van der Waals surface area contributed by atoms with Crippen LogP contribution in [0.3, 0.4) is 0 Å². The van der Waals surface area contributed by atoms with Crippen molar-refractivity contribution in [2.24, 2.45) is 0 Å². The van der Waals surface area contributed by atoms with Crippen molar-refractivity contribution in [3.8, 4) is 5.75 Å². The number of rotatable bonds is 4. The summed E-state index contributed by atoms with van der Waals surface area (Å²) >= 11 is 1.38. The zero-order chi connectivity index (χ0) is 22.0. The van der Waals surface area contributed by atoms with Crippen molar-refractivity contribution in [2.45, 2.75) is 18.8 Å². The first-order valence-electron chi connectivity index (χ1n) is 9.87. The van der Waals surface area contributed by atoms with Gasteiger partial charge in [-0.3, -0.25) is 10.1 Å². The Bertz CT molecular complexity index is 1110. The summed E-state index contributed by atoms with van der Waals surface area (Å²) in [7, 11) is 2.97. The third-order valence-electron chi connectivity index (χ3n) is 5.45. The van der Waals surface area contributed by atoms with Gasteiger partial charge in [-0.05, 0) is 54.7 Å². The highest BCUT2D eigenvalue weighted by Gasteiger charge is 2.27. The summed E-state index contributed by atoms with van der Waals surface area (Å²) in [5, 5.41) is 3.25. The second-order valence-electron chi connectivity index (χ2n) is 7.25. The first kappa shape index (κ1) is 21.0. The fourth-order valence-corrected chi connectivity index (χ4v) is 4.88. The van der Waals surface area contributed by atoms with Gasteiger partial charge in [0.15, 0.2) is 5.13 Å². The molecular formula is C22H22FN3O4S. The van der Waals surface area contributed by atoms with E-state index in [0.717, 1.165) is 23.1 Å². The Morgan fingerprint density at radius 2 is 1.84 bits per heavy atom. The summed E-state index contributed by atoms with van der Waals surface area (Å²) in [5.74, 6) is 0.134. The number of carbonyl (C=O) groups excluding carboxylic acids is 2. The van der Waals surface area contributed by atoms with Crippen molar-refractivity contribution in [3.63, 3.8) is 0 Å². The number of benzene rings is 2. The number of fused-ring (bicyclic) bond motifs is 1. The van der Waals surface area contributed by atoms with Crippen LogP contribution in [0.15, 0.2) is 36.4 Å². The van der Waals surface area contributed by atoms with E-state index < -0.39 is 5.82 Å². The van der Waals surface area contributed by atoms with Crippen LogP contribution in [0.25, 0.3) is 10.2 Å². The molecule has 1 saturated heterocycles. The Morgan fingerprint density at radius 1 is 1.13 bits per heavy atom. The summed E-state index contributed by atoms with van der Waals surface area (Å²) in [5.41, 5.74) is 2.16. The van der Waals surface area contributed by atoms with Crippen molar-refractivity contribution in [3.05, 3.63) is 53.3 Å². The summed E-state index contributed by atoms with van der Waals surface area (Å²) in [6.07, 6.45) is 1.32. The quantitative estimate of drug-likeness (QED) is 0.635. The molecule has 2 aromatic carbocycles. The molecule has 162 valence electrons. The number of methoxy groups -OCH3 is 2. The van der Waals surface area contributed by atoms with E-state index in [4.69, 9.17) is 9.47 Å². The van der Waals surface area contributed by atoms with Gasteiger partial charge in [-0.25, -0.2) is 14.2 Å². The van der Waals surface area contributed by atoms with E-state index in [1.807, 2.05) is 12.1 Å². The van der Waals surface area contributed by atoms with Crippen LogP contribution in [0.5, 0.6) is 5.75 Å². The molecule has 2 amide bonds. The maximum atomic E-state index is 13.1. The molecule has 31 heavy (non-hydrogen) atoms. The Labute approximate surface area is 182 Å². The Morgan fingerprint density at radius 3 is 2.48 bits per heavy atom. The third kappa shape index (κ3) is 4.32. The zero-order valence-electron chi connectivity index (χ0n) is 17.2. The Hall–Kier alpha value is -3.20. The molecule has 0 aliphatic carbocycles.